The Bertz CT molecular complexity index is 187. The SMILES string of the molecule is CC(=O)N[C@H](C)CCCN=C(N)N. The number of hydrogen-bond acceptors (Lipinski definition) is 2. The van der Waals surface area contributed by atoms with Gasteiger partial charge in [0.15, 0.2) is 5.96 Å². The van der Waals surface area contributed by atoms with E-state index in [2.05, 4.69) is 10.3 Å². The first-order valence-electron chi connectivity index (χ1n) is 4.35. The Kier molecular flexibility index (Phi) is 5.67. The van der Waals surface area contributed by atoms with E-state index in [-0.39, 0.29) is 17.9 Å². The summed E-state index contributed by atoms with van der Waals surface area (Å²) < 4.78 is 0. The lowest BCUT2D eigenvalue weighted by atomic mass is 10.2. The van der Waals surface area contributed by atoms with Crippen LogP contribution in [0.3, 0.4) is 0 Å². The van der Waals surface area contributed by atoms with E-state index in [1.54, 1.807) is 0 Å². The molecule has 76 valence electrons. The molecule has 0 radical (unpaired) electrons. The Labute approximate surface area is 78.6 Å². The molecule has 0 aliphatic rings. The van der Waals surface area contributed by atoms with E-state index >= 15 is 0 Å². The molecule has 1 atom stereocenters. The Hall–Kier alpha value is -1.26. The zero-order valence-corrected chi connectivity index (χ0v) is 8.21. The molecule has 0 aliphatic carbocycles. The molecule has 0 spiro atoms. The van der Waals surface area contributed by atoms with Crippen LogP contribution in [0.25, 0.3) is 0 Å². The van der Waals surface area contributed by atoms with Crippen LogP contribution >= 0.6 is 0 Å². The van der Waals surface area contributed by atoms with Crippen LogP contribution in [0.15, 0.2) is 4.99 Å². The summed E-state index contributed by atoms with van der Waals surface area (Å²) in [6, 6.07) is 0.187. The first kappa shape index (κ1) is 11.7. The first-order valence-corrected chi connectivity index (χ1v) is 4.35. The van der Waals surface area contributed by atoms with Crippen LogP contribution in [0.5, 0.6) is 0 Å². The highest BCUT2D eigenvalue weighted by Gasteiger charge is 2.01. The number of nitrogens with two attached hydrogens (primary N) is 2. The Morgan fingerprint density at radius 3 is 2.62 bits per heavy atom. The van der Waals surface area contributed by atoms with Gasteiger partial charge in [-0.3, -0.25) is 9.79 Å². The second kappa shape index (κ2) is 6.28. The summed E-state index contributed by atoms with van der Waals surface area (Å²) in [4.78, 5) is 14.5. The maximum Gasteiger partial charge on any atom is 0.217 e. The van der Waals surface area contributed by atoms with Gasteiger partial charge in [-0.25, -0.2) is 0 Å². The second-order valence-electron chi connectivity index (χ2n) is 3.05. The quantitative estimate of drug-likeness (QED) is 0.309. The summed E-state index contributed by atoms with van der Waals surface area (Å²) >= 11 is 0. The zero-order valence-electron chi connectivity index (χ0n) is 8.21. The largest absolute Gasteiger partial charge is 0.370 e. The molecule has 0 bridgehead atoms. The van der Waals surface area contributed by atoms with Crippen molar-refractivity contribution in [1.82, 2.24) is 5.32 Å². The van der Waals surface area contributed by atoms with E-state index < -0.39 is 0 Å². The van der Waals surface area contributed by atoms with Crippen molar-refractivity contribution in [1.29, 1.82) is 0 Å². The van der Waals surface area contributed by atoms with Crippen LogP contribution in [0.1, 0.15) is 26.7 Å². The molecule has 0 saturated carbocycles. The predicted octanol–water partition coefficient (Wildman–Crippen LogP) is -0.435. The Morgan fingerprint density at radius 2 is 2.15 bits per heavy atom. The number of carbonyl (C=O) groups is 1. The smallest absolute Gasteiger partial charge is 0.217 e. The standard InChI is InChI=1S/C8H18N4O/c1-6(12-7(2)13)4-3-5-11-8(9)10/h6H,3-5H2,1-2H3,(H,12,13)(H4,9,10,11)/t6-/m1/s1. The van der Waals surface area contributed by atoms with E-state index in [1.807, 2.05) is 6.92 Å². The van der Waals surface area contributed by atoms with Gasteiger partial charge in [0.1, 0.15) is 0 Å². The van der Waals surface area contributed by atoms with Crippen molar-refractivity contribution in [2.24, 2.45) is 16.5 Å². The van der Waals surface area contributed by atoms with Crippen molar-refractivity contribution in [2.45, 2.75) is 32.7 Å². The topological polar surface area (TPSA) is 93.5 Å². The molecule has 0 aromatic carbocycles. The highest BCUT2D eigenvalue weighted by Crippen LogP contribution is 1.96. The maximum absolute atomic E-state index is 10.6. The van der Waals surface area contributed by atoms with E-state index in [0.717, 1.165) is 12.8 Å². The summed E-state index contributed by atoms with van der Waals surface area (Å²) in [7, 11) is 0. The predicted molar refractivity (Wildman–Crippen MR) is 53.2 cm³/mol. The molecule has 1 amide bonds. The van der Waals surface area contributed by atoms with E-state index in [1.165, 1.54) is 6.92 Å². The van der Waals surface area contributed by atoms with Gasteiger partial charge in [-0.1, -0.05) is 0 Å². The number of hydrogen-bond donors (Lipinski definition) is 3. The van der Waals surface area contributed by atoms with E-state index in [9.17, 15) is 4.79 Å². The summed E-state index contributed by atoms with van der Waals surface area (Å²) in [5.74, 6) is 0.113. The van der Waals surface area contributed by atoms with E-state index in [0.29, 0.717) is 6.54 Å². The molecule has 13 heavy (non-hydrogen) atoms. The van der Waals surface area contributed by atoms with Gasteiger partial charge in [-0.2, -0.15) is 0 Å². The zero-order chi connectivity index (χ0) is 10.3. The highest BCUT2D eigenvalue weighted by molar-refractivity contribution is 5.75. The molecule has 0 aliphatic heterocycles. The molecular formula is C8H18N4O. The van der Waals surface area contributed by atoms with Crippen molar-refractivity contribution in [3.63, 3.8) is 0 Å². The van der Waals surface area contributed by atoms with Crippen molar-refractivity contribution in [3.05, 3.63) is 0 Å². The molecule has 5 nitrogen and oxygen atoms in total. The molecule has 0 fully saturated rings. The van der Waals surface area contributed by atoms with Crippen LogP contribution in [-0.4, -0.2) is 24.5 Å². The maximum atomic E-state index is 10.6. The molecule has 0 saturated heterocycles. The minimum Gasteiger partial charge on any atom is -0.370 e. The van der Waals surface area contributed by atoms with Gasteiger partial charge in [0.25, 0.3) is 0 Å². The van der Waals surface area contributed by atoms with Gasteiger partial charge in [-0.05, 0) is 19.8 Å². The van der Waals surface area contributed by atoms with Crippen LogP contribution in [0.4, 0.5) is 0 Å². The lowest BCUT2D eigenvalue weighted by Crippen LogP contribution is -2.30. The minimum absolute atomic E-state index is 0.00524. The Balaban J connectivity index is 3.42. The lowest BCUT2D eigenvalue weighted by molar-refractivity contribution is -0.119. The van der Waals surface area contributed by atoms with Crippen molar-refractivity contribution >= 4 is 11.9 Å². The second-order valence-corrected chi connectivity index (χ2v) is 3.05. The average Bonchev–Trinajstić information content (AvgIpc) is 1.96. The third-order valence-corrected chi connectivity index (χ3v) is 1.54. The molecule has 0 unspecified atom stereocenters. The lowest BCUT2D eigenvalue weighted by Gasteiger charge is -2.10. The average molecular weight is 186 g/mol. The van der Waals surface area contributed by atoms with Crippen molar-refractivity contribution in [2.75, 3.05) is 6.54 Å². The summed E-state index contributed by atoms with van der Waals surface area (Å²) in [6.45, 7) is 4.08. The fourth-order valence-electron chi connectivity index (χ4n) is 1.02. The molecule has 0 heterocycles. The monoisotopic (exact) mass is 186 g/mol. The minimum atomic E-state index is -0.00524. The molecule has 0 aromatic rings. The van der Waals surface area contributed by atoms with Crippen molar-refractivity contribution < 1.29 is 4.79 Å². The van der Waals surface area contributed by atoms with Gasteiger partial charge >= 0.3 is 0 Å². The number of rotatable bonds is 5. The third kappa shape index (κ3) is 8.65. The number of nitrogens with zero attached hydrogens (tertiary/aromatic N) is 1. The van der Waals surface area contributed by atoms with Crippen LogP contribution in [-0.2, 0) is 4.79 Å². The molecule has 0 aromatic heterocycles. The van der Waals surface area contributed by atoms with Crippen LogP contribution < -0.4 is 16.8 Å². The van der Waals surface area contributed by atoms with Gasteiger partial charge in [-0.15, -0.1) is 0 Å². The Morgan fingerprint density at radius 1 is 1.54 bits per heavy atom. The number of aliphatic imine (C=N–C) groups is 1. The summed E-state index contributed by atoms with van der Waals surface area (Å²) in [5.41, 5.74) is 10.3. The number of amides is 1. The van der Waals surface area contributed by atoms with Crippen LogP contribution in [0.2, 0.25) is 0 Å². The normalized spacial score (nSPS) is 11.8. The summed E-state index contributed by atoms with van der Waals surface area (Å²) in [6.07, 6.45) is 1.76. The number of guanidine groups is 1. The first-order chi connectivity index (χ1) is 6.02. The van der Waals surface area contributed by atoms with E-state index in [4.69, 9.17) is 11.5 Å². The molecule has 5 N–H and O–H groups in total. The molecule has 5 heteroatoms. The fourth-order valence-corrected chi connectivity index (χ4v) is 1.02. The van der Waals surface area contributed by atoms with Crippen molar-refractivity contribution in [3.8, 4) is 0 Å². The van der Waals surface area contributed by atoms with Crippen LogP contribution in [0, 0.1) is 0 Å². The number of nitrogens with one attached hydrogen (secondary N) is 1. The highest BCUT2D eigenvalue weighted by atomic mass is 16.1. The van der Waals surface area contributed by atoms with Gasteiger partial charge in [0.2, 0.25) is 5.91 Å². The summed E-state index contributed by atoms with van der Waals surface area (Å²) in [5, 5.41) is 2.78. The number of carbonyl (C=O) groups excluding carboxylic acids is 1. The van der Waals surface area contributed by atoms with Gasteiger partial charge in [0.05, 0.1) is 0 Å². The molecular weight excluding hydrogens is 168 g/mol. The van der Waals surface area contributed by atoms with Gasteiger partial charge < -0.3 is 16.8 Å². The van der Waals surface area contributed by atoms with Gasteiger partial charge in [0, 0.05) is 19.5 Å². The third-order valence-electron chi connectivity index (χ3n) is 1.54. The fraction of sp³-hybridized carbons (Fsp3) is 0.750. The molecule has 0 rings (SSSR count).